The van der Waals surface area contributed by atoms with E-state index in [0.29, 0.717) is 51.6 Å². The van der Waals surface area contributed by atoms with Crippen LogP contribution < -0.4 is 15.4 Å². The van der Waals surface area contributed by atoms with Crippen LogP contribution in [0.2, 0.25) is 0 Å². The van der Waals surface area contributed by atoms with Gasteiger partial charge < -0.3 is 25.0 Å². The Kier molecular flexibility index (Phi) is 11.2. The molecule has 4 aliphatic heterocycles. The van der Waals surface area contributed by atoms with Crippen molar-refractivity contribution < 1.29 is 41.9 Å². The van der Waals surface area contributed by atoms with E-state index in [-0.39, 0.29) is 31.9 Å². The van der Waals surface area contributed by atoms with E-state index in [4.69, 9.17) is 9.47 Å². The minimum Gasteiger partial charge on any atom is -0.450 e. The van der Waals surface area contributed by atoms with Gasteiger partial charge in [-0.3, -0.25) is 24.0 Å². The van der Waals surface area contributed by atoms with Gasteiger partial charge in [-0.15, -0.1) is 0 Å². The smallest absolute Gasteiger partial charge is 0.410 e. The first-order chi connectivity index (χ1) is 25.5. The molecule has 53 heavy (non-hydrogen) atoms. The lowest BCUT2D eigenvalue weighted by atomic mass is 9.98. The number of hydrogen-bond donors (Lipinski definition) is 3. The molecule has 7 rings (SSSR count). The predicted octanol–water partition coefficient (Wildman–Crippen LogP) is 3.94. The number of benzene rings is 1. The van der Waals surface area contributed by atoms with E-state index in [1.54, 1.807) is 4.90 Å². The molecular formula is C38H53N5O9S. The molecule has 2 saturated heterocycles. The van der Waals surface area contributed by atoms with E-state index in [1.807, 2.05) is 12.1 Å². The van der Waals surface area contributed by atoms with E-state index in [0.717, 1.165) is 68.9 Å². The molecular weight excluding hydrogens is 703 g/mol. The summed E-state index contributed by atoms with van der Waals surface area (Å²) in [5.74, 6) is -2.12. The molecule has 1 aromatic carbocycles. The molecule has 15 heteroatoms. The fraction of sp³-hybridized carbons (Fsp3) is 0.711. The van der Waals surface area contributed by atoms with Gasteiger partial charge in [0, 0.05) is 19.5 Å². The number of ether oxygens (including phenoxy) is 2. The van der Waals surface area contributed by atoms with Crippen LogP contribution >= 0.6 is 0 Å². The summed E-state index contributed by atoms with van der Waals surface area (Å²) in [5.41, 5.74) is 2.00. The van der Waals surface area contributed by atoms with Gasteiger partial charge in [0.15, 0.2) is 0 Å². The summed E-state index contributed by atoms with van der Waals surface area (Å²) >= 11 is 0. The van der Waals surface area contributed by atoms with Gasteiger partial charge in [0.1, 0.15) is 23.7 Å². The Morgan fingerprint density at radius 3 is 2.38 bits per heavy atom. The van der Waals surface area contributed by atoms with Crippen LogP contribution in [0.25, 0.3) is 0 Å². The number of hydrogen-bond acceptors (Lipinski definition) is 9. The number of cyclic esters (lactones) is 1. The number of carbonyl (C=O) groups is 5. The van der Waals surface area contributed by atoms with E-state index >= 15 is 0 Å². The number of sulfonamides is 1. The average molecular weight is 756 g/mol. The quantitative estimate of drug-likeness (QED) is 0.412. The minimum absolute atomic E-state index is 0.0186. The number of amides is 5. The maximum absolute atomic E-state index is 14.4. The van der Waals surface area contributed by atoms with E-state index in [9.17, 15) is 32.4 Å². The molecule has 2 aliphatic carbocycles. The highest BCUT2D eigenvalue weighted by Crippen LogP contribution is 2.48. The van der Waals surface area contributed by atoms with E-state index in [1.165, 1.54) is 10.5 Å². The van der Waals surface area contributed by atoms with Crippen molar-refractivity contribution in [2.75, 3.05) is 13.2 Å². The number of fused-ring (bicyclic) bond motifs is 4. The van der Waals surface area contributed by atoms with Crippen LogP contribution in [0.1, 0.15) is 119 Å². The Labute approximate surface area is 311 Å². The van der Waals surface area contributed by atoms with Crippen molar-refractivity contribution in [3.63, 3.8) is 0 Å². The number of nitrogens with one attached hydrogen (secondary N) is 3. The third-order valence-electron chi connectivity index (χ3n) is 12.0. The van der Waals surface area contributed by atoms with Crippen molar-refractivity contribution in [2.24, 2.45) is 5.92 Å². The van der Waals surface area contributed by atoms with Crippen molar-refractivity contribution in [3.05, 3.63) is 34.9 Å². The molecule has 0 radical (unpaired) electrons. The number of carbonyl (C=O) groups excluding carboxylic acids is 5. The SMILES string of the molecule is O=C1N[C@H]2CCCCCCC[C@H]3C[C@@]3(C(=O)NS(=O)(=O)C3CC3)NC(=O)[C@@H]3C[C@H](CN3C2=O)OC(=O)N2Cc3cccc(c3C2)CCCCCCCO1. The zero-order valence-electron chi connectivity index (χ0n) is 30.4. The first-order valence-corrected chi connectivity index (χ1v) is 21.3. The molecule has 1 aromatic rings. The lowest BCUT2D eigenvalue weighted by Gasteiger charge is -2.29. The molecule has 14 nitrogen and oxygen atoms in total. The Morgan fingerprint density at radius 1 is 0.868 bits per heavy atom. The van der Waals surface area contributed by atoms with Gasteiger partial charge in [0.2, 0.25) is 21.8 Å². The van der Waals surface area contributed by atoms with Gasteiger partial charge in [0.05, 0.1) is 18.4 Å². The molecule has 0 spiro atoms. The Bertz CT molecular complexity index is 1700. The maximum Gasteiger partial charge on any atom is 0.410 e. The maximum atomic E-state index is 14.4. The number of aryl methyl sites for hydroxylation is 1. The molecule has 5 amide bonds. The van der Waals surface area contributed by atoms with Gasteiger partial charge >= 0.3 is 12.2 Å². The summed E-state index contributed by atoms with van der Waals surface area (Å²) in [6.45, 7) is 0.958. The summed E-state index contributed by atoms with van der Waals surface area (Å²) in [4.78, 5) is 72.0. The molecule has 3 N–H and O–H groups in total. The third kappa shape index (κ3) is 8.60. The standard InChI is InChI=1S/C38H53N5O9S/c44-33-32-20-28-23-43(32)34(45)31(16-9-5-1-4-8-15-27-21-38(27,40-33)35(46)41-53(49,50)29-17-18-29)39-36(47)51-19-10-6-2-3-7-12-25-13-11-14-26-22-42(24-30(25)26)37(48)52-28/h11,13-14,27-29,31-32H,1-10,12,15-24H2,(H,39,47)(H,40,44)(H,41,46)/t27-,28+,31-,32-,38+/m0/s1. The fourth-order valence-electron chi connectivity index (χ4n) is 8.62. The molecule has 2 saturated carbocycles. The lowest BCUT2D eigenvalue weighted by Crippen LogP contribution is -2.58. The largest absolute Gasteiger partial charge is 0.450 e. The zero-order valence-corrected chi connectivity index (χ0v) is 31.3. The summed E-state index contributed by atoms with van der Waals surface area (Å²) in [6.07, 6.45) is 9.73. The van der Waals surface area contributed by atoms with Crippen LogP contribution in [-0.2, 0) is 53.4 Å². The Balaban J connectivity index is 1.15. The summed E-state index contributed by atoms with van der Waals surface area (Å²) in [5, 5.41) is 5.05. The fourth-order valence-corrected chi connectivity index (χ4v) is 9.99. The molecule has 5 atom stereocenters. The molecule has 0 aromatic heterocycles. The first kappa shape index (κ1) is 37.4. The van der Waals surface area contributed by atoms with Crippen molar-refractivity contribution in [1.82, 2.24) is 25.2 Å². The second-order valence-electron chi connectivity index (χ2n) is 15.9. The van der Waals surface area contributed by atoms with Gasteiger partial charge in [-0.1, -0.05) is 69.6 Å². The van der Waals surface area contributed by atoms with Crippen molar-refractivity contribution in [1.29, 1.82) is 0 Å². The number of nitrogens with zero attached hydrogens (tertiary/aromatic N) is 2. The van der Waals surface area contributed by atoms with Gasteiger partial charge in [0.25, 0.3) is 5.91 Å². The van der Waals surface area contributed by atoms with Gasteiger partial charge in [-0.25, -0.2) is 18.0 Å². The first-order valence-electron chi connectivity index (χ1n) is 19.7. The van der Waals surface area contributed by atoms with Crippen LogP contribution in [0, 0.1) is 5.92 Å². The van der Waals surface area contributed by atoms with Crippen LogP contribution in [0.3, 0.4) is 0 Å². The second kappa shape index (κ2) is 15.8. The van der Waals surface area contributed by atoms with Crippen molar-refractivity contribution in [3.8, 4) is 0 Å². The average Bonchev–Trinajstić information content (AvgIpc) is 4.01. The summed E-state index contributed by atoms with van der Waals surface area (Å²) in [7, 11) is -3.87. The topological polar surface area (TPSA) is 181 Å². The van der Waals surface area contributed by atoms with Crippen LogP contribution in [0.4, 0.5) is 9.59 Å². The Hall–Kier alpha value is -3.88. The monoisotopic (exact) mass is 755 g/mol. The minimum atomic E-state index is -3.87. The predicted molar refractivity (Wildman–Crippen MR) is 193 cm³/mol. The van der Waals surface area contributed by atoms with Crippen LogP contribution in [0.5, 0.6) is 0 Å². The summed E-state index contributed by atoms with van der Waals surface area (Å²) in [6, 6.07) is 4.05. The highest BCUT2D eigenvalue weighted by molar-refractivity contribution is 7.91. The van der Waals surface area contributed by atoms with Gasteiger partial charge in [-0.2, -0.15) is 0 Å². The third-order valence-corrected chi connectivity index (χ3v) is 13.8. The normalized spacial score (nSPS) is 30.7. The molecule has 0 unspecified atom stereocenters. The molecule has 5 bridgehead atoms. The highest BCUT2D eigenvalue weighted by Gasteiger charge is 2.62. The van der Waals surface area contributed by atoms with E-state index < -0.39 is 68.9 Å². The van der Waals surface area contributed by atoms with Gasteiger partial charge in [-0.05, 0) is 74.0 Å². The van der Waals surface area contributed by atoms with Crippen molar-refractivity contribution >= 4 is 39.9 Å². The number of alkyl carbamates (subject to hydrolysis) is 1. The molecule has 6 aliphatic rings. The van der Waals surface area contributed by atoms with Crippen LogP contribution in [0.15, 0.2) is 18.2 Å². The Morgan fingerprint density at radius 2 is 1.58 bits per heavy atom. The highest BCUT2D eigenvalue weighted by atomic mass is 32.2. The van der Waals surface area contributed by atoms with E-state index in [2.05, 4.69) is 21.4 Å². The summed E-state index contributed by atoms with van der Waals surface area (Å²) < 4.78 is 39.4. The zero-order chi connectivity index (χ0) is 37.2. The molecule has 4 fully saturated rings. The second-order valence-corrected chi connectivity index (χ2v) is 17.9. The molecule has 290 valence electrons. The number of rotatable bonds is 3. The lowest BCUT2D eigenvalue weighted by molar-refractivity contribution is -0.141. The van der Waals surface area contributed by atoms with Crippen LogP contribution in [-0.4, -0.2) is 90.3 Å². The molecule has 4 heterocycles. The van der Waals surface area contributed by atoms with Crippen molar-refractivity contribution in [2.45, 2.75) is 151 Å².